The summed E-state index contributed by atoms with van der Waals surface area (Å²) in [5.74, 6) is -1.29. The zero-order valence-electron chi connectivity index (χ0n) is 12.5. The number of ether oxygens (including phenoxy) is 2. The van der Waals surface area contributed by atoms with E-state index >= 15 is 0 Å². The van der Waals surface area contributed by atoms with E-state index in [0.717, 1.165) is 4.90 Å². The molecule has 2 rings (SSSR count). The molecule has 0 saturated carbocycles. The molecule has 0 amide bonds. The van der Waals surface area contributed by atoms with E-state index < -0.39 is 25.0 Å². The van der Waals surface area contributed by atoms with Gasteiger partial charge in [-0.3, -0.25) is 9.59 Å². The van der Waals surface area contributed by atoms with Crippen molar-refractivity contribution in [3.05, 3.63) is 18.5 Å². The molecule has 0 atom stereocenters. The summed E-state index contributed by atoms with van der Waals surface area (Å²) in [5, 5.41) is 18.4. The molecule has 1 aromatic carbocycles. The number of hydrogen-bond acceptors (Lipinski definition) is 7. The molecule has 0 aliphatic heterocycles. The highest BCUT2D eigenvalue weighted by Crippen LogP contribution is 2.34. The lowest BCUT2D eigenvalue weighted by atomic mass is 10.2. The van der Waals surface area contributed by atoms with Crippen molar-refractivity contribution in [1.29, 1.82) is 0 Å². The molecule has 2 N–H and O–H groups in total. The van der Waals surface area contributed by atoms with Gasteiger partial charge in [-0.2, -0.15) is 0 Å². The van der Waals surface area contributed by atoms with Crippen molar-refractivity contribution in [2.45, 2.75) is 0 Å². The maximum Gasteiger partial charge on any atom is 0.323 e. The van der Waals surface area contributed by atoms with Crippen molar-refractivity contribution in [3.63, 3.8) is 0 Å². The van der Waals surface area contributed by atoms with Crippen molar-refractivity contribution >= 4 is 28.7 Å². The summed E-state index contributed by atoms with van der Waals surface area (Å²) in [4.78, 5) is 31.3. The second-order valence-corrected chi connectivity index (χ2v) is 4.57. The van der Waals surface area contributed by atoms with Gasteiger partial charge in [0.1, 0.15) is 25.2 Å². The largest absolute Gasteiger partial charge is 0.493 e. The molecule has 9 heteroatoms. The van der Waals surface area contributed by atoms with Crippen molar-refractivity contribution in [1.82, 2.24) is 9.97 Å². The maximum absolute atomic E-state index is 11.0. The van der Waals surface area contributed by atoms with Gasteiger partial charge in [0.15, 0.2) is 11.5 Å². The molecular weight excluding hydrogens is 306 g/mol. The molecule has 0 spiro atoms. The van der Waals surface area contributed by atoms with Gasteiger partial charge in [0.25, 0.3) is 0 Å². The Kier molecular flexibility index (Phi) is 4.79. The number of aliphatic carboxylic acids is 2. The topological polar surface area (TPSA) is 122 Å². The van der Waals surface area contributed by atoms with Gasteiger partial charge in [0.2, 0.25) is 0 Å². The van der Waals surface area contributed by atoms with E-state index in [1.54, 1.807) is 12.1 Å². The number of carbonyl (C=O) groups is 2. The molecule has 2 aromatic rings. The number of fused-ring (bicyclic) bond motifs is 1. The van der Waals surface area contributed by atoms with Gasteiger partial charge in [-0.25, -0.2) is 9.97 Å². The Hall–Kier alpha value is -3.10. The third kappa shape index (κ3) is 3.57. The first-order chi connectivity index (χ1) is 11.0. The number of benzene rings is 1. The van der Waals surface area contributed by atoms with E-state index in [9.17, 15) is 9.59 Å². The van der Waals surface area contributed by atoms with Crippen LogP contribution in [-0.4, -0.2) is 59.4 Å². The quantitative estimate of drug-likeness (QED) is 0.755. The van der Waals surface area contributed by atoms with Crippen LogP contribution < -0.4 is 14.4 Å². The van der Waals surface area contributed by atoms with Crippen LogP contribution in [0.4, 0.5) is 5.82 Å². The third-order valence-corrected chi connectivity index (χ3v) is 3.07. The Morgan fingerprint density at radius 2 is 1.61 bits per heavy atom. The van der Waals surface area contributed by atoms with Crippen molar-refractivity contribution in [2.75, 3.05) is 32.2 Å². The Balaban J connectivity index is 2.61. The summed E-state index contributed by atoms with van der Waals surface area (Å²) < 4.78 is 10.4. The number of carboxylic acid groups (broad SMARTS) is 2. The average molecular weight is 321 g/mol. The number of anilines is 1. The smallest absolute Gasteiger partial charge is 0.323 e. The van der Waals surface area contributed by atoms with E-state index in [2.05, 4.69) is 9.97 Å². The van der Waals surface area contributed by atoms with Crippen LogP contribution in [0.5, 0.6) is 11.5 Å². The van der Waals surface area contributed by atoms with Crippen LogP contribution >= 0.6 is 0 Å². The van der Waals surface area contributed by atoms with Crippen molar-refractivity contribution in [3.8, 4) is 11.5 Å². The molecule has 122 valence electrons. The molecule has 0 unspecified atom stereocenters. The molecule has 0 fully saturated rings. The highest BCUT2D eigenvalue weighted by molar-refractivity contribution is 5.94. The second-order valence-electron chi connectivity index (χ2n) is 4.57. The van der Waals surface area contributed by atoms with Crippen molar-refractivity contribution in [2.24, 2.45) is 0 Å². The monoisotopic (exact) mass is 321 g/mol. The first kappa shape index (κ1) is 16.3. The van der Waals surface area contributed by atoms with Gasteiger partial charge in [0, 0.05) is 11.5 Å². The van der Waals surface area contributed by atoms with E-state index in [0.29, 0.717) is 22.4 Å². The van der Waals surface area contributed by atoms with Gasteiger partial charge in [0.05, 0.1) is 19.7 Å². The summed E-state index contributed by atoms with van der Waals surface area (Å²) >= 11 is 0. The molecule has 1 heterocycles. The second kappa shape index (κ2) is 6.77. The molecule has 0 bridgehead atoms. The molecule has 0 radical (unpaired) electrons. The van der Waals surface area contributed by atoms with E-state index in [4.69, 9.17) is 19.7 Å². The number of nitrogens with zero attached hydrogens (tertiary/aromatic N) is 3. The molecule has 0 saturated heterocycles. The summed E-state index contributed by atoms with van der Waals surface area (Å²) in [5.41, 5.74) is 0.480. The Bertz CT molecular complexity index is 733. The highest BCUT2D eigenvalue weighted by Gasteiger charge is 2.19. The normalized spacial score (nSPS) is 10.3. The number of methoxy groups -OCH3 is 2. The first-order valence-electron chi connectivity index (χ1n) is 6.51. The molecule has 9 nitrogen and oxygen atoms in total. The first-order valence-corrected chi connectivity index (χ1v) is 6.51. The molecular formula is C14H15N3O6. The van der Waals surface area contributed by atoms with Gasteiger partial charge in [-0.15, -0.1) is 0 Å². The zero-order valence-corrected chi connectivity index (χ0v) is 12.5. The van der Waals surface area contributed by atoms with Gasteiger partial charge >= 0.3 is 11.9 Å². The molecule has 0 aliphatic carbocycles. The van der Waals surface area contributed by atoms with Crippen LogP contribution in [0.25, 0.3) is 10.9 Å². The fraction of sp³-hybridized carbons (Fsp3) is 0.286. The van der Waals surface area contributed by atoms with Gasteiger partial charge in [-0.1, -0.05) is 0 Å². The van der Waals surface area contributed by atoms with Crippen LogP contribution in [-0.2, 0) is 9.59 Å². The molecule has 1 aromatic heterocycles. The highest BCUT2D eigenvalue weighted by atomic mass is 16.5. The summed E-state index contributed by atoms with van der Waals surface area (Å²) in [6.07, 6.45) is 1.24. The zero-order chi connectivity index (χ0) is 17.0. The van der Waals surface area contributed by atoms with E-state index in [-0.39, 0.29) is 5.82 Å². The minimum absolute atomic E-state index is 0.195. The van der Waals surface area contributed by atoms with Gasteiger partial charge in [-0.05, 0) is 6.07 Å². The van der Waals surface area contributed by atoms with Crippen LogP contribution in [0.2, 0.25) is 0 Å². The number of carboxylic acids is 2. The lowest BCUT2D eigenvalue weighted by Crippen LogP contribution is -2.35. The summed E-state index contributed by atoms with van der Waals surface area (Å²) in [6.45, 7) is -1.01. The molecule has 0 aliphatic rings. The lowest BCUT2D eigenvalue weighted by Gasteiger charge is -2.21. The number of aromatic nitrogens is 2. The van der Waals surface area contributed by atoms with Crippen LogP contribution in [0.15, 0.2) is 18.5 Å². The van der Waals surface area contributed by atoms with Crippen molar-refractivity contribution < 1.29 is 29.3 Å². The number of rotatable bonds is 7. The fourth-order valence-electron chi connectivity index (χ4n) is 2.15. The summed E-state index contributed by atoms with van der Waals surface area (Å²) in [7, 11) is 2.94. The standard InChI is InChI=1S/C14H15N3O6/c1-22-10-3-8-9(4-11(10)23-2)15-7-16-14(8)17(5-12(18)19)6-13(20)21/h3-4,7H,5-6H2,1-2H3,(H,18,19)(H,20,21). The predicted molar refractivity (Wildman–Crippen MR) is 80.1 cm³/mol. The average Bonchev–Trinajstić information content (AvgIpc) is 2.51. The van der Waals surface area contributed by atoms with Gasteiger partial charge < -0.3 is 24.6 Å². The van der Waals surface area contributed by atoms with Crippen LogP contribution in [0.1, 0.15) is 0 Å². The maximum atomic E-state index is 11.0. The third-order valence-electron chi connectivity index (χ3n) is 3.07. The molecule has 23 heavy (non-hydrogen) atoms. The number of hydrogen-bond donors (Lipinski definition) is 2. The van der Waals surface area contributed by atoms with Crippen LogP contribution in [0.3, 0.4) is 0 Å². The Morgan fingerprint density at radius 1 is 1.04 bits per heavy atom. The van der Waals surface area contributed by atoms with E-state index in [1.807, 2.05) is 0 Å². The SMILES string of the molecule is COc1cc2ncnc(N(CC(=O)O)CC(=O)O)c2cc1OC. The predicted octanol–water partition coefficient (Wildman–Crippen LogP) is 0.623. The minimum atomic E-state index is -1.17. The minimum Gasteiger partial charge on any atom is -0.493 e. The Labute approximate surface area is 131 Å². The lowest BCUT2D eigenvalue weighted by molar-refractivity contribution is -0.136. The van der Waals surface area contributed by atoms with Crippen LogP contribution in [0, 0.1) is 0 Å². The van der Waals surface area contributed by atoms with E-state index in [1.165, 1.54) is 20.5 Å². The summed E-state index contributed by atoms with van der Waals surface area (Å²) in [6, 6.07) is 3.19. The fourth-order valence-corrected chi connectivity index (χ4v) is 2.15. The Morgan fingerprint density at radius 3 is 2.13 bits per heavy atom.